The molecule has 2 rings (SSSR count). The maximum Gasteiger partial charge on any atom is 0.409 e. The number of nitrogens with one attached hydrogen (secondary N) is 1. The van der Waals surface area contributed by atoms with Gasteiger partial charge in [0.2, 0.25) is 6.29 Å². The minimum absolute atomic E-state index is 0. The Labute approximate surface area is 273 Å². The summed E-state index contributed by atoms with van der Waals surface area (Å²) >= 11 is 0. The number of rotatable bonds is 25. The van der Waals surface area contributed by atoms with Crippen LogP contribution in [0.25, 0.3) is 10.8 Å². The van der Waals surface area contributed by atoms with E-state index in [1.807, 2.05) is 6.92 Å². The van der Waals surface area contributed by atoms with Gasteiger partial charge in [0.25, 0.3) is 0 Å². The summed E-state index contributed by atoms with van der Waals surface area (Å²) in [7, 11) is 1.61. The van der Waals surface area contributed by atoms with Gasteiger partial charge in [0, 0.05) is 31.0 Å². The summed E-state index contributed by atoms with van der Waals surface area (Å²) in [5, 5.41) is 5.55. The molecule has 0 saturated carbocycles. The van der Waals surface area contributed by atoms with Gasteiger partial charge < -0.3 is 36.5 Å². The molecule has 2 aromatic rings. The van der Waals surface area contributed by atoms with Crippen molar-refractivity contribution < 1.29 is 40.6 Å². The molecule has 0 radical (unpaired) electrons. The molecule has 1 heterocycles. The van der Waals surface area contributed by atoms with E-state index in [0.717, 1.165) is 38.6 Å². The first-order valence-electron chi connectivity index (χ1n) is 17.1. The zero-order valence-electron chi connectivity index (χ0n) is 27.7. The molecule has 3 unspecified atom stereocenters. The lowest BCUT2D eigenvalue weighted by Gasteiger charge is -2.25. The second-order valence-electron chi connectivity index (χ2n) is 11.9. The Balaban J connectivity index is 0.00000924. The molecule has 1 aromatic heterocycles. The number of methoxy groups -OCH3 is 1. The Hall–Kier alpha value is -1.70. The predicted octanol–water partition coefficient (Wildman–Crippen LogP) is 6.28. The number of aryl methyl sites for hydroxylation is 1. The van der Waals surface area contributed by atoms with Crippen molar-refractivity contribution in [1.82, 2.24) is 5.32 Å². The number of hydrogen-bond donors (Lipinski definition) is 1. The number of ether oxygens (including phenoxy) is 3. The number of pyridine rings is 1. The number of unbranched alkanes of at least 4 members (excludes halogenated alkanes) is 13. The fraction of sp³-hybridized carbons (Fsp3) is 0.722. The highest BCUT2D eigenvalue weighted by molar-refractivity contribution is 5.80. The molecule has 0 fully saturated rings. The summed E-state index contributed by atoms with van der Waals surface area (Å²) in [6.07, 6.45) is 24.0. The van der Waals surface area contributed by atoms with Crippen LogP contribution in [-0.4, -0.2) is 38.2 Å². The van der Waals surface area contributed by atoms with Crippen LogP contribution in [-0.2, 0) is 20.8 Å². The van der Waals surface area contributed by atoms with E-state index in [1.54, 1.807) is 7.11 Å². The standard InChI is InChI=1S/C36H60N2O4.BrH/c1-5-7-8-9-10-11-12-13-14-15-16-17-18-25-34(6-2)37-36(39)42-35(31(3)40-4)41-29-22-21-27-38-28-26-32-23-19-20-24-33(32)30-38;/h19-20,23-24,26,28,30-31,34-35H,5-18,21-22,25,27,29H2,1-4H3;1H. The molecule has 7 heteroatoms. The molecule has 0 bridgehead atoms. The maximum absolute atomic E-state index is 12.7. The molecule has 0 aliphatic carbocycles. The van der Waals surface area contributed by atoms with E-state index in [1.165, 1.54) is 87.8 Å². The molecule has 1 aromatic carbocycles. The Morgan fingerprint density at radius 2 is 1.42 bits per heavy atom. The highest BCUT2D eigenvalue weighted by atomic mass is 79.9. The minimum atomic E-state index is -0.725. The average molecular weight is 666 g/mol. The van der Waals surface area contributed by atoms with Crippen LogP contribution in [0, 0.1) is 0 Å². The summed E-state index contributed by atoms with van der Waals surface area (Å²) in [6, 6.07) is 10.7. The number of aromatic nitrogens is 1. The molecule has 0 spiro atoms. The fourth-order valence-electron chi connectivity index (χ4n) is 5.38. The van der Waals surface area contributed by atoms with Crippen LogP contribution < -0.4 is 26.9 Å². The van der Waals surface area contributed by atoms with Gasteiger partial charge in [-0.15, -0.1) is 0 Å². The summed E-state index contributed by atoms with van der Waals surface area (Å²) in [6.45, 7) is 7.69. The topological polar surface area (TPSA) is 60.7 Å². The number of fused-ring (bicyclic) bond motifs is 1. The van der Waals surface area contributed by atoms with Crippen LogP contribution in [0.5, 0.6) is 0 Å². The van der Waals surface area contributed by atoms with E-state index in [9.17, 15) is 4.79 Å². The molecule has 0 aliphatic rings. The smallest absolute Gasteiger partial charge is 0.409 e. The molecule has 6 nitrogen and oxygen atoms in total. The number of benzene rings is 1. The Morgan fingerprint density at radius 1 is 0.814 bits per heavy atom. The molecule has 3 atom stereocenters. The normalized spacial score (nSPS) is 13.3. The van der Waals surface area contributed by atoms with Crippen molar-refractivity contribution in [3.8, 4) is 0 Å². The number of carbonyl (C=O) groups is 1. The van der Waals surface area contributed by atoms with Gasteiger partial charge in [-0.1, -0.05) is 116 Å². The summed E-state index contributed by atoms with van der Waals surface area (Å²) in [5.74, 6) is 0. The van der Waals surface area contributed by atoms with Gasteiger partial charge >= 0.3 is 6.09 Å². The highest BCUT2D eigenvalue weighted by Crippen LogP contribution is 2.15. The summed E-state index contributed by atoms with van der Waals surface area (Å²) in [5.41, 5.74) is 0. The molecule has 1 N–H and O–H groups in total. The van der Waals surface area contributed by atoms with E-state index < -0.39 is 12.4 Å². The molecule has 246 valence electrons. The number of carbonyl (C=O) groups excluding carboxylic acids is 1. The number of amides is 1. The first kappa shape index (κ1) is 39.3. The van der Waals surface area contributed by atoms with Crippen molar-refractivity contribution in [3.05, 3.63) is 42.7 Å². The second kappa shape index (κ2) is 25.6. The predicted molar refractivity (Wildman–Crippen MR) is 174 cm³/mol. The summed E-state index contributed by atoms with van der Waals surface area (Å²) in [4.78, 5) is 12.7. The third-order valence-electron chi connectivity index (χ3n) is 8.29. The van der Waals surface area contributed by atoms with Crippen LogP contribution in [0.1, 0.15) is 130 Å². The van der Waals surface area contributed by atoms with Crippen molar-refractivity contribution in [3.63, 3.8) is 0 Å². The van der Waals surface area contributed by atoms with Gasteiger partial charge in [0.1, 0.15) is 12.6 Å². The third-order valence-corrected chi connectivity index (χ3v) is 8.29. The number of alkyl carbamates (subject to hydrolysis) is 1. The van der Waals surface area contributed by atoms with E-state index in [2.05, 4.69) is 66.5 Å². The Bertz CT molecular complexity index is 960. The van der Waals surface area contributed by atoms with Crippen molar-refractivity contribution in [2.45, 2.75) is 155 Å². The van der Waals surface area contributed by atoms with E-state index in [4.69, 9.17) is 14.2 Å². The van der Waals surface area contributed by atoms with Crippen LogP contribution in [0.4, 0.5) is 4.79 Å². The quantitative estimate of drug-likeness (QED) is 0.0772. The second-order valence-corrected chi connectivity index (χ2v) is 11.9. The first-order chi connectivity index (χ1) is 20.6. The molecule has 0 aliphatic heterocycles. The van der Waals surface area contributed by atoms with E-state index >= 15 is 0 Å². The molecule has 0 saturated heterocycles. The molecule has 43 heavy (non-hydrogen) atoms. The van der Waals surface area contributed by atoms with Gasteiger partial charge in [0.05, 0.1) is 6.61 Å². The van der Waals surface area contributed by atoms with Crippen molar-refractivity contribution in [1.29, 1.82) is 0 Å². The van der Waals surface area contributed by atoms with E-state index in [0.29, 0.717) is 6.61 Å². The monoisotopic (exact) mass is 664 g/mol. The largest absolute Gasteiger partial charge is 1.00 e. The zero-order chi connectivity index (χ0) is 30.3. The lowest BCUT2D eigenvalue weighted by molar-refractivity contribution is -0.696. The van der Waals surface area contributed by atoms with Gasteiger partial charge in [-0.2, -0.15) is 0 Å². The third kappa shape index (κ3) is 18.0. The zero-order valence-corrected chi connectivity index (χ0v) is 29.3. The van der Waals surface area contributed by atoms with Crippen LogP contribution in [0.15, 0.2) is 42.7 Å². The number of nitrogens with zero attached hydrogens (tertiary/aromatic N) is 1. The van der Waals surface area contributed by atoms with Crippen molar-refractivity contribution >= 4 is 16.9 Å². The lowest BCUT2D eigenvalue weighted by Crippen LogP contribution is -3.00. The van der Waals surface area contributed by atoms with Crippen molar-refractivity contribution in [2.24, 2.45) is 0 Å². The first-order valence-corrected chi connectivity index (χ1v) is 17.1. The van der Waals surface area contributed by atoms with E-state index in [-0.39, 0.29) is 29.1 Å². The molecule has 1 amide bonds. The summed E-state index contributed by atoms with van der Waals surface area (Å²) < 4.78 is 19.3. The van der Waals surface area contributed by atoms with Crippen LogP contribution in [0.3, 0.4) is 0 Å². The van der Waals surface area contributed by atoms with Crippen LogP contribution >= 0.6 is 0 Å². The van der Waals surface area contributed by atoms with Gasteiger partial charge in [0.15, 0.2) is 12.4 Å². The Kier molecular flexibility index (Phi) is 23.4. The maximum atomic E-state index is 12.7. The molecular weight excluding hydrogens is 604 g/mol. The van der Waals surface area contributed by atoms with Gasteiger partial charge in [-0.3, -0.25) is 0 Å². The fourth-order valence-corrected chi connectivity index (χ4v) is 5.38. The van der Waals surface area contributed by atoms with Gasteiger partial charge in [-0.25, -0.2) is 9.36 Å². The molecular formula is C36H61BrN2O4. The minimum Gasteiger partial charge on any atom is -1.00 e. The SMILES string of the molecule is CCCCCCCCCCCCCCCC(CC)NC(=O)OC(OCCCC[n+]1ccc2ccccc2c1)C(C)OC.[Br-]. The van der Waals surface area contributed by atoms with Crippen LogP contribution in [0.2, 0.25) is 0 Å². The highest BCUT2D eigenvalue weighted by Gasteiger charge is 2.23. The Morgan fingerprint density at radius 3 is 2.02 bits per heavy atom. The van der Waals surface area contributed by atoms with Gasteiger partial charge in [-0.05, 0) is 37.6 Å². The average Bonchev–Trinajstić information content (AvgIpc) is 3.01. The lowest BCUT2D eigenvalue weighted by atomic mass is 10.0. The number of hydrogen-bond acceptors (Lipinski definition) is 4. The number of halogens is 1. The van der Waals surface area contributed by atoms with Crippen molar-refractivity contribution in [2.75, 3.05) is 13.7 Å².